The molecule has 2 aliphatic heterocycles. The van der Waals surface area contributed by atoms with Crippen molar-refractivity contribution >= 4 is 28.1 Å². The number of fused-ring (bicyclic) bond motifs is 1. The van der Waals surface area contributed by atoms with Crippen LogP contribution >= 0.6 is 11.3 Å². The minimum absolute atomic E-state index is 0.0267. The zero-order valence-electron chi connectivity index (χ0n) is 15.0. The molecule has 2 aromatic rings. The number of aryl methyl sites for hydroxylation is 1. The molecule has 3 N–H and O–H groups in total. The van der Waals surface area contributed by atoms with Crippen molar-refractivity contribution < 1.29 is 24.5 Å². The number of amides is 2. The molecule has 146 valence electrons. The molecule has 4 heterocycles. The second-order valence-corrected chi connectivity index (χ2v) is 8.52. The highest BCUT2D eigenvalue weighted by Crippen LogP contribution is 2.31. The Morgan fingerprint density at radius 2 is 2.22 bits per heavy atom. The van der Waals surface area contributed by atoms with Crippen LogP contribution < -0.4 is 5.32 Å². The number of hydrogen-bond acceptors (Lipinski definition) is 7. The number of nitrogens with one attached hydrogen (secondary N) is 1. The number of thiazole rings is 1. The molecule has 0 radical (unpaired) electrons. The van der Waals surface area contributed by atoms with Crippen molar-refractivity contribution in [2.24, 2.45) is 0 Å². The van der Waals surface area contributed by atoms with Crippen molar-refractivity contribution in [2.45, 2.75) is 31.0 Å². The lowest BCUT2D eigenvalue weighted by Crippen LogP contribution is -2.70. The van der Waals surface area contributed by atoms with E-state index < -0.39 is 11.2 Å². The van der Waals surface area contributed by atoms with Crippen molar-refractivity contribution in [3.63, 3.8) is 0 Å². The summed E-state index contributed by atoms with van der Waals surface area (Å²) in [5.74, 6) is -0.630. The Morgan fingerprint density at radius 1 is 1.44 bits per heavy atom. The van der Waals surface area contributed by atoms with Crippen LogP contribution in [-0.2, 0) is 9.53 Å². The quantitative estimate of drug-likeness (QED) is 0.633. The molecule has 2 amide bonds. The Labute approximate surface area is 159 Å². The maximum atomic E-state index is 12.6. The summed E-state index contributed by atoms with van der Waals surface area (Å²) in [6.45, 7) is 2.24. The van der Waals surface area contributed by atoms with Gasteiger partial charge < -0.3 is 25.2 Å². The van der Waals surface area contributed by atoms with Crippen LogP contribution in [0.1, 0.15) is 28.2 Å². The Hall–Kier alpha value is -2.01. The van der Waals surface area contributed by atoms with E-state index in [1.54, 1.807) is 4.40 Å². The van der Waals surface area contributed by atoms with Gasteiger partial charge >= 0.3 is 0 Å². The number of imidazole rings is 1. The van der Waals surface area contributed by atoms with Crippen LogP contribution in [0.4, 0.5) is 0 Å². The lowest BCUT2D eigenvalue weighted by atomic mass is 9.90. The van der Waals surface area contributed by atoms with E-state index in [1.165, 1.54) is 22.4 Å². The normalized spacial score (nSPS) is 24.2. The number of rotatable bonds is 5. The van der Waals surface area contributed by atoms with Gasteiger partial charge in [-0.15, -0.1) is 11.3 Å². The molecule has 0 spiro atoms. The van der Waals surface area contributed by atoms with Gasteiger partial charge in [0.1, 0.15) is 11.3 Å². The maximum Gasteiger partial charge on any atom is 0.270 e. The fourth-order valence-electron chi connectivity index (χ4n) is 3.67. The van der Waals surface area contributed by atoms with E-state index in [0.717, 1.165) is 16.3 Å². The molecule has 10 heteroatoms. The van der Waals surface area contributed by atoms with Gasteiger partial charge in [-0.05, 0) is 19.8 Å². The second kappa shape index (κ2) is 6.55. The fourth-order valence-corrected chi connectivity index (χ4v) is 4.47. The molecular weight excluding hydrogens is 372 g/mol. The van der Waals surface area contributed by atoms with Gasteiger partial charge in [-0.3, -0.25) is 14.0 Å². The number of aliphatic hydroxyl groups is 2. The Balaban J connectivity index is 1.34. The van der Waals surface area contributed by atoms with Crippen molar-refractivity contribution in [1.82, 2.24) is 19.6 Å². The number of β-amino-alcohol motifs (C(OH)–C–C–N with tert-alkyl or cyclic N) is 1. The summed E-state index contributed by atoms with van der Waals surface area (Å²) < 4.78 is 7.19. The maximum absolute atomic E-state index is 12.6. The molecular formula is C17H22N4O5S. The number of nitrogens with zero attached hydrogens (tertiary/aromatic N) is 3. The number of ether oxygens (including phenoxy) is 1. The number of carbonyl (C=O) groups is 2. The zero-order valence-corrected chi connectivity index (χ0v) is 15.8. The van der Waals surface area contributed by atoms with Crippen molar-refractivity contribution in [3.05, 3.63) is 23.0 Å². The molecule has 2 aromatic heterocycles. The van der Waals surface area contributed by atoms with Gasteiger partial charge in [0.05, 0.1) is 32.4 Å². The van der Waals surface area contributed by atoms with Crippen LogP contribution in [0.15, 0.2) is 12.4 Å². The molecule has 1 atom stereocenters. The molecule has 0 bridgehead atoms. The van der Waals surface area contributed by atoms with Crippen LogP contribution in [0.5, 0.6) is 0 Å². The van der Waals surface area contributed by atoms with E-state index in [2.05, 4.69) is 10.3 Å². The molecule has 1 unspecified atom stereocenters. The third-order valence-electron chi connectivity index (χ3n) is 5.14. The van der Waals surface area contributed by atoms with Gasteiger partial charge in [-0.2, -0.15) is 0 Å². The topological polar surface area (TPSA) is 116 Å². The van der Waals surface area contributed by atoms with Crippen molar-refractivity contribution in [3.8, 4) is 0 Å². The van der Waals surface area contributed by atoms with Gasteiger partial charge in [-0.1, -0.05) is 0 Å². The van der Waals surface area contributed by atoms with Crippen LogP contribution in [0.3, 0.4) is 0 Å². The molecule has 27 heavy (non-hydrogen) atoms. The highest BCUT2D eigenvalue weighted by atomic mass is 32.1. The first-order valence-electron chi connectivity index (χ1n) is 8.84. The first-order chi connectivity index (χ1) is 12.9. The average molecular weight is 394 g/mol. The second-order valence-electron chi connectivity index (χ2n) is 7.31. The van der Waals surface area contributed by atoms with E-state index >= 15 is 0 Å². The SMILES string of the molecule is Cc1cn2c(C(=O)NCC3(O)CN(C(=O)C4(CO)CCCO4)C3)cnc2s1. The standard InChI is InChI=1S/C17H22N4O5S/c1-11-6-21-12(5-18-15(21)27-11)13(23)19-7-16(25)8-20(9-16)14(24)17(10-22)3-2-4-26-17/h5-6,22,25H,2-4,7-10H2,1H3,(H,19,23). The summed E-state index contributed by atoms with van der Waals surface area (Å²) in [5.41, 5.74) is -1.96. The summed E-state index contributed by atoms with van der Waals surface area (Å²) in [6, 6.07) is 0. The summed E-state index contributed by atoms with van der Waals surface area (Å²) in [7, 11) is 0. The van der Waals surface area contributed by atoms with Crippen LogP contribution in [0.25, 0.3) is 4.96 Å². The van der Waals surface area contributed by atoms with E-state index in [0.29, 0.717) is 18.7 Å². The number of aromatic nitrogens is 2. The van der Waals surface area contributed by atoms with E-state index in [-0.39, 0.29) is 38.1 Å². The molecule has 0 saturated carbocycles. The van der Waals surface area contributed by atoms with E-state index in [9.17, 15) is 19.8 Å². The molecule has 9 nitrogen and oxygen atoms in total. The predicted molar refractivity (Wildman–Crippen MR) is 96.7 cm³/mol. The van der Waals surface area contributed by atoms with Gasteiger partial charge in [0, 0.05) is 17.7 Å². The van der Waals surface area contributed by atoms with E-state index in [1.807, 2.05) is 13.1 Å². The smallest absolute Gasteiger partial charge is 0.270 e. The molecule has 2 saturated heterocycles. The van der Waals surface area contributed by atoms with E-state index in [4.69, 9.17) is 4.74 Å². The Bertz CT molecular complexity index is 879. The highest BCUT2D eigenvalue weighted by Gasteiger charge is 2.52. The van der Waals surface area contributed by atoms with Gasteiger partial charge in [-0.25, -0.2) is 4.98 Å². The Kier molecular flexibility index (Phi) is 4.46. The first kappa shape index (κ1) is 18.4. The fraction of sp³-hybridized carbons (Fsp3) is 0.588. The Morgan fingerprint density at radius 3 is 2.89 bits per heavy atom. The molecule has 0 aliphatic carbocycles. The lowest BCUT2D eigenvalue weighted by molar-refractivity contribution is -0.178. The van der Waals surface area contributed by atoms with Crippen molar-refractivity contribution in [2.75, 3.05) is 32.8 Å². The lowest BCUT2D eigenvalue weighted by Gasteiger charge is -2.48. The minimum Gasteiger partial charge on any atom is -0.393 e. The molecule has 4 rings (SSSR count). The third kappa shape index (κ3) is 3.12. The van der Waals surface area contributed by atoms with Crippen LogP contribution in [-0.4, -0.2) is 80.4 Å². The number of likely N-dealkylation sites (tertiary alicyclic amines) is 1. The molecule has 2 aliphatic rings. The molecule has 0 aromatic carbocycles. The van der Waals surface area contributed by atoms with Crippen LogP contribution in [0.2, 0.25) is 0 Å². The summed E-state index contributed by atoms with van der Waals surface area (Å²) in [4.78, 5) is 32.5. The molecule has 2 fully saturated rings. The number of aliphatic hydroxyl groups excluding tert-OH is 1. The third-order valence-corrected chi connectivity index (χ3v) is 6.05. The summed E-state index contributed by atoms with van der Waals surface area (Å²) >= 11 is 1.49. The number of hydrogen-bond donors (Lipinski definition) is 3. The van der Waals surface area contributed by atoms with Gasteiger partial charge in [0.15, 0.2) is 10.6 Å². The van der Waals surface area contributed by atoms with Gasteiger partial charge in [0.2, 0.25) is 0 Å². The zero-order chi connectivity index (χ0) is 19.2. The van der Waals surface area contributed by atoms with Gasteiger partial charge in [0.25, 0.3) is 11.8 Å². The highest BCUT2D eigenvalue weighted by molar-refractivity contribution is 7.17. The summed E-state index contributed by atoms with van der Waals surface area (Å²) in [5, 5.41) is 22.8. The van der Waals surface area contributed by atoms with Crippen LogP contribution in [0, 0.1) is 6.92 Å². The largest absolute Gasteiger partial charge is 0.393 e. The van der Waals surface area contributed by atoms with Crippen molar-refractivity contribution in [1.29, 1.82) is 0 Å². The minimum atomic E-state index is -1.19. The number of carbonyl (C=O) groups excluding carboxylic acids is 2. The predicted octanol–water partition coefficient (Wildman–Crippen LogP) is -0.451. The first-order valence-corrected chi connectivity index (χ1v) is 9.66. The summed E-state index contributed by atoms with van der Waals surface area (Å²) in [6.07, 6.45) is 4.55. The monoisotopic (exact) mass is 394 g/mol. The average Bonchev–Trinajstić information content (AvgIpc) is 3.32.